The van der Waals surface area contributed by atoms with E-state index in [1.165, 1.54) is 0 Å². The molecule has 0 aliphatic heterocycles. The zero-order valence-electron chi connectivity index (χ0n) is 11.0. The van der Waals surface area contributed by atoms with Crippen LogP contribution in [0.1, 0.15) is 5.69 Å². The Morgan fingerprint density at radius 1 is 0.900 bits per heavy atom. The van der Waals surface area contributed by atoms with Crippen molar-refractivity contribution in [2.75, 3.05) is 5.32 Å². The van der Waals surface area contributed by atoms with Crippen molar-refractivity contribution in [1.82, 2.24) is 19.9 Å². The lowest BCUT2D eigenvalue weighted by molar-refractivity contribution is 1.09. The molecule has 0 fully saturated rings. The van der Waals surface area contributed by atoms with Gasteiger partial charge in [0.25, 0.3) is 0 Å². The normalized spacial score (nSPS) is 10.2. The van der Waals surface area contributed by atoms with Gasteiger partial charge in [0.2, 0.25) is 5.95 Å². The number of aryl methyl sites for hydroxylation is 1. The summed E-state index contributed by atoms with van der Waals surface area (Å²) in [6.07, 6.45) is 5.25. The largest absolute Gasteiger partial charge is 0.309 e. The van der Waals surface area contributed by atoms with E-state index in [2.05, 4.69) is 25.3 Å². The van der Waals surface area contributed by atoms with E-state index in [0.717, 1.165) is 22.8 Å². The van der Waals surface area contributed by atoms with Crippen LogP contribution in [0.5, 0.6) is 0 Å². The summed E-state index contributed by atoms with van der Waals surface area (Å²) in [5.74, 6) is 1.25. The quantitative estimate of drug-likeness (QED) is 0.787. The lowest BCUT2D eigenvalue weighted by Gasteiger charge is -2.07. The molecule has 0 saturated carbocycles. The molecule has 0 atom stereocenters. The van der Waals surface area contributed by atoms with E-state index >= 15 is 0 Å². The maximum absolute atomic E-state index is 4.44. The highest BCUT2D eigenvalue weighted by Gasteiger charge is 2.06. The van der Waals surface area contributed by atoms with Crippen molar-refractivity contribution in [2.24, 2.45) is 0 Å². The molecule has 3 rings (SSSR count). The van der Waals surface area contributed by atoms with Gasteiger partial charge in [-0.3, -0.25) is 4.98 Å². The molecule has 0 saturated heterocycles. The molecule has 3 aromatic rings. The predicted octanol–water partition coefficient (Wildman–Crippen LogP) is 2.99. The summed E-state index contributed by atoms with van der Waals surface area (Å²) in [7, 11) is 0. The summed E-state index contributed by atoms with van der Waals surface area (Å²) in [4.78, 5) is 17.2. The highest BCUT2D eigenvalue weighted by molar-refractivity contribution is 5.61. The predicted molar refractivity (Wildman–Crippen MR) is 77.5 cm³/mol. The second kappa shape index (κ2) is 5.44. The first kappa shape index (κ1) is 12.2. The van der Waals surface area contributed by atoms with Gasteiger partial charge in [-0.2, -0.15) is 0 Å². The highest BCUT2D eigenvalue weighted by Crippen LogP contribution is 2.20. The Balaban J connectivity index is 1.88. The Bertz CT molecular complexity index is 698. The molecule has 5 heteroatoms. The zero-order chi connectivity index (χ0) is 13.8. The van der Waals surface area contributed by atoms with Crippen LogP contribution < -0.4 is 5.32 Å². The van der Waals surface area contributed by atoms with Crippen LogP contribution in [-0.4, -0.2) is 19.9 Å². The Morgan fingerprint density at radius 2 is 1.70 bits per heavy atom. The molecular weight excluding hydrogens is 250 g/mol. The summed E-state index contributed by atoms with van der Waals surface area (Å²) < 4.78 is 0. The minimum atomic E-state index is 0.529. The fourth-order valence-electron chi connectivity index (χ4n) is 1.85. The molecule has 3 aromatic heterocycles. The number of nitrogens with one attached hydrogen (secondary N) is 1. The topological polar surface area (TPSA) is 63.6 Å². The smallest absolute Gasteiger partial charge is 0.228 e. The standard InChI is InChI=1S/C15H13N5/c1-11-12(13-6-2-4-8-16-13)10-18-15(19-11)20-14-7-3-5-9-17-14/h2-10H,1H3,(H,17,18,19,20). The zero-order valence-corrected chi connectivity index (χ0v) is 11.0. The Hall–Kier alpha value is -2.82. The molecule has 5 nitrogen and oxygen atoms in total. The molecule has 0 bridgehead atoms. The number of pyridine rings is 2. The summed E-state index contributed by atoms with van der Waals surface area (Å²) in [5, 5.41) is 3.07. The monoisotopic (exact) mass is 263 g/mol. The van der Waals surface area contributed by atoms with Gasteiger partial charge < -0.3 is 5.32 Å². The van der Waals surface area contributed by atoms with Crippen LogP contribution in [0, 0.1) is 6.92 Å². The lowest BCUT2D eigenvalue weighted by atomic mass is 10.1. The molecule has 0 spiro atoms. The maximum atomic E-state index is 4.44. The van der Waals surface area contributed by atoms with Gasteiger partial charge in [-0.15, -0.1) is 0 Å². The van der Waals surface area contributed by atoms with Crippen molar-refractivity contribution >= 4 is 11.8 Å². The van der Waals surface area contributed by atoms with Crippen molar-refractivity contribution < 1.29 is 0 Å². The van der Waals surface area contributed by atoms with Crippen LogP contribution in [0.3, 0.4) is 0 Å². The Kier molecular flexibility index (Phi) is 3.33. The molecule has 0 aliphatic rings. The van der Waals surface area contributed by atoms with E-state index in [1.54, 1.807) is 18.6 Å². The lowest BCUT2D eigenvalue weighted by Crippen LogP contribution is -2.01. The number of aromatic nitrogens is 4. The third-order valence-electron chi connectivity index (χ3n) is 2.82. The van der Waals surface area contributed by atoms with Gasteiger partial charge in [-0.25, -0.2) is 15.0 Å². The first-order valence-electron chi connectivity index (χ1n) is 6.26. The molecule has 0 amide bonds. The number of anilines is 2. The van der Waals surface area contributed by atoms with Gasteiger partial charge in [0, 0.05) is 24.2 Å². The number of hydrogen-bond donors (Lipinski definition) is 1. The molecular formula is C15H13N5. The van der Waals surface area contributed by atoms with E-state index in [-0.39, 0.29) is 0 Å². The van der Waals surface area contributed by atoms with Gasteiger partial charge in [0.05, 0.1) is 11.4 Å². The van der Waals surface area contributed by atoms with Gasteiger partial charge in [0.1, 0.15) is 5.82 Å². The fourth-order valence-corrected chi connectivity index (χ4v) is 1.85. The van der Waals surface area contributed by atoms with Crippen molar-refractivity contribution in [3.05, 3.63) is 60.7 Å². The van der Waals surface area contributed by atoms with E-state index in [0.29, 0.717) is 5.95 Å². The molecule has 0 radical (unpaired) electrons. The van der Waals surface area contributed by atoms with Crippen LogP contribution in [0.4, 0.5) is 11.8 Å². The molecule has 98 valence electrons. The van der Waals surface area contributed by atoms with Gasteiger partial charge in [0.15, 0.2) is 0 Å². The second-order valence-electron chi connectivity index (χ2n) is 4.25. The number of nitrogens with zero attached hydrogens (tertiary/aromatic N) is 4. The minimum Gasteiger partial charge on any atom is -0.309 e. The van der Waals surface area contributed by atoms with Crippen molar-refractivity contribution in [1.29, 1.82) is 0 Å². The van der Waals surface area contributed by atoms with E-state index < -0.39 is 0 Å². The van der Waals surface area contributed by atoms with Crippen LogP contribution >= 0.6 is 0 Å². The number of rotatable bonds is 3. The summed E-state index contributed by atoms with van der Waals surface area (Å²) >= 11 is 0. The van der Waals surface area contributed by atoms with Crippen molar-refractivity contribution in [3.8, 4) is 11.3 Å². The fraction of sp³-hybridized carbons (Fsp3) is 0.0667. The van der Waals surface area contributed by atoms with Gasteiger partial charge in [-0.05, 0) is 31.2 Å². The molecule has 0 aromatic carbocycles. The average Bonchev–Trinajstić information content (AvgIpc) is 2.49. The second-order valence-corrected chi connectivity index (χ2v) is 4.25. The van der Waals surface area contributed by atoms with Crippen molar-refractivity contribution in [2.45, 2.75) is 6.92 Å². The van der Waals surface area contributed by atoms with Crippen LogP contribution in [0.2, 0.25) is 0 Å². The first-order chi connectivity index (χ1) is 9.83. The van der Waals surface area contributed by atoms with Crippen LogP contribution in [0.25, 0.3) is 11.3 Å². The third kappa shape index (κ3) is 2.61. The van der Waals surface area contributed by atoms with Crippen LogP contribution in [0.15, 0.2) is 55.0 Å². The third-order valence-corrected chi connectivity index (χ3v) is 2.82. The summed E-state index contributed by atoms with van der Waals surface area (Å²) in [5.41, 5.74) is 2.67. The van der Waals surface area contributed by atoms with E-state index in [1.807, 2.05) is 43.3 Å². The van der Waals surface area contributed by atoms with Crippen LogP contribution in [-0.2, 0) is 0 Å². The molecule has 20 heavy (non-hydrogen) atoms. The summed E-state index contributed by atoms with van der Waals surface area (Å²) in [6, 6.07) is 11.4. The highest BCUT2D eigenvalue weighted by atomic mass is 15.1. The Labute approximate surface area is 116 Å². The molecule has 3 heterocycles. The van der Waals surface area contributed by atoms with E-state index in [9.17, 15) is 0 Å². The number of hydrogen-bond acceptors (Lipinski definition) is 5. The Morgan fingerprint density at radius 3 is 2.35 bits per heavy atom. The average molecular weight is 263 g/mol. The molecule has 0 aliphatic carbocycles. The van der Waals surface area contributed by atoms with Crippen molar-refractivity contribution in [3.63, 3.8) is 0 Å². The molecule has 1 N–H and O–H groups in total. The maximum Gasteiger partial charge on any atom is 0.228 e. The SMILES string of the molecule is Cc1nc(Nc2ccccn2)ncc1-c1ccccn1. The minimum absolute atomic E-state index is 0.529. The summed E-state index contributed by atoms with van der Waals surface area (Å²) in [6.45, 7) is 1.94. The first-order valence-corrected chi connectivity index (χ1v) is 6.26. The van der Waals surface area contributed by atoms with Gasteiger partial charge in [-0.1, -0.05) is 12.1 Å². The van der Waals surface area contributed by atoms with E-state index in [4.69, 9.17) is 0 Å². The van der Waals surface area contributed by atoms with Gasteiger partial charge >= 0.3 is 0 Å². The molecule has 0 unspecified atom stereocenters.